The van der Waals surface area contributed by atoms with Crippen molar-refractivity contribution >= 4 is 27.7 Å². The molecule has 0 aliphatic carbocycles. The number of halogens is 1. The Kier molecular flexibility index (Phi) is 8.51. The van der Waals surface area contributed by atoms with Gasteiger partial charge in [-0.1, -0.05) is 48.0 Å². The van der Waals surface area contributed by atoms with Crippen LogP contribution in [0.15, 0.2) is 40.9 Å². The molecule has 2 amide bonds. The highest BCUT2D eigenvalue weighted by atomic mass is 79.9. The van der Waals surface area contributed by atoms with E-state index in [2.05, 4.69) is 40.6 Å². The Labute approximate surface area is 180 Å². The summed E-state index contributed by atoms with van der Waals surface area (Å²) in [4.78, 5) is 24.0. The van der Waals surface area contributed by atoms with Gasteiger partial charge in [0.1, 0.15) is 11.5 Å². The zero-order valence-corrected chi connectivity index (χ0v) is 18.8. The summed E-state index contributed by atoms with van der Waals surface area (Å²) in [6.07, 6.45) is 0.972. The first-order valence-corrected chi connectivity index (χ1v) is 10.3. The van der Waals surface area contributed by atoms with E-state index in [0.717, 1.165) is 27.6 Å². The molecular weight excluding hydrogens is 436 g/mol. The van der Waals surface area contributed by atoms with Crippen molar-refractivity contribution in [3.63, 3.8) is 0 Å². The van der Waals surface area contributed by atoms with Crippen LogP contribution in [0.2, 0.25) is 0 Å². The van der Waals surface area contributed by atoms with Crippen LogP contribution < -0.4 is 20.3 Å². The number of carbonyl (C=O) groups excluding carboxylic acids is 2. The predicted octanol–water partition coefficient (Wildman–Crippen LogP) is 4.18. The Hall–Kier alpha value is -2.54. The van der Waals surface area contributed by atoms with E-state index in [-0.39, 0.29) is 13.2 Å². The quantitative estimate of drug-likeness (QED) is 0.576. The van der Waals surface area contributed by atoms with Gasteiger partial charge in [0, 0.05) is 4.47 Å². The van der Waals surface area contributed by atoms with Crippen molar-refractivity contribution in [1.29, 1.82) is 0 Å². The van der Waals surface area contributed by atoms with Crippen LogP contribution in [0.3, 0.4) is 0 Å². The first kappa shape index (κ1) is 22.7. The number of ether oxygens (including phenoxy) is 2. The first-order chi connectivity index (χ1) is 13.8. The second kappa shape index (κ2) is 10.9. The fourth-order valence-electron chi connectivity index (χ4n) is 2.86. The number of hydrogen-bond donors (Lipinski definition) is 2. The second-order valence-corrected chi connectivity index (χ2v) is 7.81. The lowest BCUT2D eigenvalue weighted by molar-refractivity contribution is -0.131. The average molecular weight is 463 g/mol. The second-order valence-electron chi connectivity index (χ2n) is 6.89. The highest BCUT2D eigenvalue weighted by Gasteiger charge is 2.12. The number of hydrogen-bond acceptors (Lipinski definition) is 4. The lowest BCUT2D eigenvalue weighted by atomic mass is 9.98. The van der Waals surface area contributed by atoms with Gasteiger partial charge in [0.15, 0.2) is 13.2 Å². The van der Waals surface area contributed by atoms with Gasteiger partial charge in [0.05, 0.1) is 0 Å². The van der Waals surface area contributed by atoms with Crippen molar-refractivity contribution in [2.24, 2.45) is 0 Å². The standard InChI is InChI=1S/C22H27BrN2O4/c1-5-14(2)18-8-6-7-9-19(18)28-12-20(26)24-25-21(27)13-29-22-15(3)10-17(23)11-16(22)4/h6-11,14H,5,12-13H2,1-4H3,(H,24,26)(H,25,27). The van der Waals surface area contributed by atoms with Crippen molar-refractivity contribution in [3.8, 4) is 11.5 Å². The van der Waals surface area contributed by atoms with E-state index in [1.165, 1.54) is 0 Å². The zero-order chi connectivity index (χ0) is 21.4. The number of benzene rings is 2. The number of aryl methyl sites for hydroxylation is 2. The molecule has 0 saturated carbocycles. The van der Waals surface area contributed by atoms with Gasteiger partial charge in [0.2, 0.25) is 0 Å². The Bertz CT molecular complexity index is 847. The molecule has 2 aromatic carbocycles. The Balaban J connectivity index is 1.79. The number of nitrogens with one attached hydrogen (secondary N) is 2. The number of carbonyl (C=O) groups is 2. The van der Waals surface area contributed by atoms with Crippen LogP contribution in [0.4, 0.5) is 0 Å². The zero-order valence-electron chi connectivity index (χ0n) is 17.2. The molecule has 7 heteroatoms. The maximum Gasteiger partial charge on any atom is 0.276 e. The molecule has 0 radical (unpaired) electrons. The molecule has 1 unspecified atom stereocenters. The summed E-state index contributed by atoms with van der Waals surface area (Å²) in [5, 5.41) is 0. The minimum atomic E-state index is -0.458. The Morgan fingerprint density at radius 2 is 1.55 bits per heavy atom. The molecule has 0 bridgehead atoms. The Morgan fingerprint density at radius 3 is 2.14 bits per heavy atom. The smallest absolute Gasteiger partial charge is 0.276 e. The van der Waals surface area contributed by atoms with Crippen LogP contribution in [-0.4, -0.2) is 25.0 Å². The van der Waals surface area contributed by atoms with Crippen molar-refractivity contribution in [2.75, 3.05) is 13.2 Å². The van der Waals surface area contributed by atoms with Gasteiger partial charge in [-0.3, -0.25) is 20.4 Å². The summed E-state index contributed by atoms with van der Waals surface area (Å²) in [5.74, 6) is 0.748. The van der Waals surface area contributed by atoms with Gasteiger partial charge in [-0.2, -0.15) is 0 Å². The number of amides is 2. The molecule has 1 atom stereocenters. The monoisotopic (exact) mass is 462 g/mol. The summed E-state index contributed by atoms with van der Waals surface area (Å²) in [6, 6.07) is 11.5. The van der Waals surface area contributed by atoms with E-state index in [4.69, 9.17) is 9.47 Å². The molecule has 6 nitrogen and oxygen atoms in total. The van der Waals surface area contributed by atoms with E-state index in [0.29, 0.717) is 17.4 Å². The van der Waals surface area contributed by atoms with Crippen LogP contribution in [0, 0.1) is 13.8 Å². The molecule has 156 valence electrons. The molecule has 2 N–H and O–H groups in total. The molecule has 0 saturated heterocycles. The van der Waals surface area contributed by atoms with Gasteiger partial charge >= 0.3 is 0 Å². The van der Waals surface area contributed by atoms with Crippen molar-refractivity contribution in [2.45, 2.75) is 40.0 Å². The van der Waals surface area contributed by atoms with Gasteiger partial charge in [-0.15, -0.1) is 0 Å². The third-order valence-corrected chi connectivity index (χ3v) is 4.99. The van der Waals surface area contributed by atoms with Crippen molar-refractivity contribution in [3.05, 3.63) is 57.6 Å². The van der Waals surface area contributed by atoms with Crippen LogP contribution in [0.5, 0.6) is 11.5 Å². The third kappa shape index (κ3) is 6.78. The average Bonchev–Trinajstić information content (AvgIpc) is 2.69. The minimum absolute atomic E-state index is 0.195. The molecule has 29 heavy (non-hydrogen) atoms. The van der Waals surface area contributed by atoms with E-state index < -0.39 is 11.8 Å². The van der Waals surface area contributed by atoms with Crippen LogP contribution in [-0.2, 0) is 9.59 Å². The van der Waals surface area contributed by atoms with Crippen LogP contribution >= 0.6 is 15.9 Å². The number of para-hydroxylation sites is 1. The van der Waals surface area contributed by atoms with E-state index >= 15 is 0 Å². The first-order valence-electron chi connectivity index (χ1n) is 9.50. The van der Waals surface area contributed by atoms with Crippen molar-refractivity contribution in [1.82, 2.24) is 10.9 Å². The maximum absolute atomic E-state index is 12.0. The summed E-state index contributed by atoms with van der Waals surface area (Å²) in [7, 11) is 0. The van der Waals surface area contributed by atoms with Gasteiger partial charge < -0.3 is 9.47 Å². The molecule has 0 heterocycles. The summed E-state index contributed by atoms with van der Waals surface area (Å²) >= 11 is 3.42. The lowest BCUT2D eigenvalue weighted by Crippen LogP contribution is -2.45. The molecular formula is C22H27BrN2O4. The van der Waals surface area contributed by atoms with E-state index in [9.17, 15) is 9.59 Å². The van der Waals surface area contributed by atoms with Crippen LogP contribution in [0.25, 0.3) is 0 Å². The number of hydrazine groups is 1. The fraction of sp³-hybridized carbons (Fsp3) is 0.364. The largest absolute Gasteiger partial charge is 0.483 e. The van der Waals surface area contributed by atoms with Gasteiger partial charge in [-0.25, -0.2) is 0 Å². The summed E-state index contributed by atoms with van der Waals surface area (Å²) < 4.78 is 12.2. The molecule has 2 rings (SSSR count). The van der Waals surface area contributed by atoms with Gasteiger partial charge in [-0.05, 0) is 61.1 Å². The fourth-order valence-corrected chi connectivity index (χ4v) is 3.54. The van der Waals surface area contributed by atoms with E-state index in [1.54, 1.807) is 0 Å². The normalized spacial score (nSPS) is 11.5. The maximum atomic E-state index is 12.0. The summed E-state index contributed by atoms with van der Waals surface area (Å²) in [5.41, 5.74) is 7.57. The highest BCUT2D eigenvalue weighted by Crippen LogP contribution is 2.28. The SMILES string of the molecule is CCC(C)c1ccccc1OCC(=O)NNC(=O)COc1c(C)cc(Br)cc1C. The molecule has 0 aliphatic heterocycles. The minimum Gasteiger partial charge on any atom is -0.483 e. The predicted molar refractivity (Wildman–Crippen MR) is 116 cm³/mol. The van der Waals surface area contributed by atoms with Crippen LogP contribution in [0.1, 0.15) is 42.9 Å². The Morgan fingerprint density at radius 1 is 1.00 bits per heavy atom. The highest BCUT2D eigenvalue weighted by molar-refractivity contribution is 9.10. The van der Waals surface area contributed by atoms with Gasteiger partial charge in [0.25, 0.3) is 11.8 Å². The third-order valence-electron chi connectivity index (χ3n) is 4.54. The summed E-state index contributed by atoms with van der Waals surface area (Å²) in [6.45, 7) is 7.61. The molecule has 0 aliphatic rings. The van der Waals surface area contributed by atoms with E-state index in [1.807, 2.05) is 50.2 Å². The lowest BCUT2D eigenvalue weighted by Gasteiger charge is -2.16. The molecule has 0 spiro atoms. The molecule has 2 aromatic rings. The van der Waals surface area contributed by atoms with Crippen molar-refractivity contribution < 1.29 is 19.1 Å². The molecule has 0 aromatic heterocycles. The number of rotatable bonds is 8. The molecule has 0 fully saturated rings. The topological polar surface area (TPSA) is 76.7 Å².